The van der Waals surface area contributed by atoms with Gasteiger partial charge in [0.05, 0.1) is 12.2 Å². The molecule has 4 rings (SSSR count). The largest absolute Gasteiger partial charge is 0.486 e. The number of aromatic amines is 1. The van der Waals surface area contributed by atoms with Crippen molar-refractivity contribution in [2.24, 2.45) is 0 Å². The molecule has 3 aromatic rings. The van der Waals surface area contributed by atoms with E-state index in [4.69, 9.17) is 9.47 Å². The number of fused-ring (bicyclic) bond motifs is 1. The standard InChI is InChI=1S/C19H19N5O5S/c25-19(28-13-14-6-2-1-3-7-14)30(26,27)24-12-15(10-11-18-20-22-23-21-18)29-17-9-5-4-8-16(17)24/h1-9,15H,10-13H2,(H,20,21,22,23)/t15-/m0/s1. The van der Waals surface area contributed by atoms with Crippen LogP contribution in [0.25, 0.3) is 0 Å². The molecule has 0 radical (unpaired) electrons. The Morgan fingerprint density at radius 3 is 2.70 bits per heavy atom. The number of ether oxygens (including phenoxy) is 2. The van der Waals surface area contributed by atoms with E-state index in [2.05, 4.69) is 20.6 Å². The summed E-state index contributed by atoms with van der Waals surface area (Å²) in [4.78, 5) is 12.5. The number of para-hydroxylation sites is 2. The highest BCUT2D eigenvalue weighted by atomic mass is 32.2. The molecule has 30 heavy (non-hydrogen) atoms. The van der Waals surface area contributed by atoms with Crippen LogP contribution in [0.4, 0.5) is 10.5 Å². The van der Waals surface area contributed by atoms with Gasteiger partial charge in [-0.3, -0.25) is 4.31 Å². The fourth-order valence-corrected chi connectivity index (χ4v) is 4.26. The third-order valence-corrected chi connectivity index (χ3v) is 6.04. The molecular formula is C19H19N5O5S. The van der Waals surface area contributed by atoms with Gasteiger partial charge in [0.25, 0.3) is 0 Å². The number of hydrogen-bond acceptors (Lipinski definition) is 8. The van der Waals surface area contributed by atoms with Gasteiger partial charge in [0.15, 0.2) is 5.82 Å². The van der Waals surface area contributed by atoms with E-state index >= 15 is 0 Å². The number of carbonyl (C=O) groups is 1. The van der Waals surface area contributed by atoms with E-state index in [0.717, 1.165) is 4.31 Å². The minimum atomic E-state index is -4.41. The lowest BCUT2D eigenvalue weighted by atomic mass is 10.1. The first-order chi connectivity index (χ1) is 14.5. The maximum absolute atomic E-state index is 13.0. The second-order valence-electron chi connectivity index (χ2n) is 6.63. The van der Waals surface area contributed by atoms with Crippen LogP contribution in [0.5, 0.6) is 5.75 Å². The number of anilines is 1. The van der Waals surface area contributed by atoms with E-state index in [1.165, 1.54) is 0 Å². The van der Waals surface area contributed by atoms with E-state index in [0.29, 0.717) is 35.7 Å². The zero-order valence-electron chi connectivity index (χ0n) is 15.8. The molecule has 1 aliphatic rings. The minimum absolute atomic E-state index is 0.0301. The number of hydrogen-bond donors (Lipinski definition) is 1. The highest BCUT2D eigenvalue weighted by Gasteiger charge is 2.39. The van der Waals surface area contributed by atoms with Crippen LogP contribution in [0.3, 0.4) is 0 Å². The molecule has 0 saturated carbocycles. The molecule has 2 heterocycles. The fraction of sp³-hybridized carbons (Fsp3) is 0.263. The van der Waals surface area contributed by atoms with Gasteiger partial charge in [-0.1, -0.05) is 47.7 Å². The zero-order valence-corrected chi connectivity index (χ0v) is 16.7. The summed E-state index contributed by atoms with van der Waals surface area (Å²) >= 11 is 0. The van der Waals surface area contributed by atoms with Gasteiger partial charge in [-0.2, -0.15) is 13.6 Å². The monoisotopic (exact) mass is 429 g/mol. The van der Waals surface area contributed by atoms with Gasteiger partial charge in [-0.25, -0.2) is 4.79 Å². The number of benzene rings is 2. The van der Waals surface area contributed by atoms with E-state index in [1.54, 1.807) is 48.5 Å². The van der Waals surface area contributed by atoms with Gasteiger partial charge in [0.2, 0.25) is 0 Å². The number of H-pyrrole nitrogens is 1. The molecule has 0 unspecified atom stereocenters. The lowest BCUT2D eigenvalue weighted by molar-refractivity contribution is 0.164. The number of rotatable bonds is 6. The molecule has 11 heteroatoms. The van der Waals surface area contributed by atoms with Gasteiger partial charge in [-0.05, 0) is 24.1 Å². The van der Waals surface area contributed by atoms with Gasteiger partial charge < -0.3 is 9.47 Å². The third-order valence-electron chi connectivity index (χ3n) is 4.58. The predicted molar refractivity (Wildman–Crippen MR) is 106 cm³/mol. The van der Waals surface area contributed by atoms with Crippen LogP contribution in [-0.4, -0.2) is 47.0 Å². The molecule has 1 aromatic heterocycles. The lowest BCUT2D eigenvalue weighted by Crippen LogP contribution is -2.46. The van der Waals surface area contributed by atoms with Crippen LogP contribution >= 0.6 is 0 Å². The summed E-state index contributed by atoms with van der Waals surface area (Å²) in [5.41, 5.74) is 0.992. The molecular weight excluding hydrogens is 410 g/mol. The molecule has 0 bridgehead atoms. The summed E-state index contributed by atoms with van der Waals surface area (Å²) in [5.74, 6) is 0.871. The van der Waals surface area contributed by atoms with Crippen molar-refractivity contribution < 1.29 is 22.7 Å². The minimum Gasteiger partial charge on any atom is -0.486 e. The highest BCUT2D eigenvalue weighted by molar-refractivity contribution is 8.06. The first-order valence-electron chi connectivity index (χ1n) is 9.25. The van der Waals surface area contributed by atoms with Crippen molar-refractivity contribution in [2.45, 2.75) is 25.6 Å². The maximum Gasteiger partial charge on any atom is 0.445 e. The second-order valence-corrected chi connectivity index (χ2v) is 8.36. The Morgan fingerprint density at radius 1 is 1.17 bits per heavy atom. The molecule has 10 nitrogen and oxygen atoms in total. The van der Waals surface area contributed by atoms with E-state index < -0.39 is 21.4 Å². The summed E-state index contributed by atoms with van der Waals surface area (Å²) in [6.07, 6.45) is 0.393. The van der Waals surface area contributed by atoms with Gasteiger partial charge in [-0.15, -0.1) is 10.2 Å². The lowest BCUT2D eigenvalue weighted by Gasteiger charge is -2.34. The first-order valence-corrected chi connectivity index (χ1v) is 10.7. The Hall–Kier alpha value is -3.47. The smallest absolute Gasteiger partial charge is 0.445 e. The summed E-state index contributed by atoms with van der Waals surface area (Å²) in [5, 5.41) is 12.3. The number of nitrogens with zero attached hydrogens (tertiary/aromatic N) is 4. The van der Waals surface area contributed by atoms with Crippen LogP contribution < -0.4 is 9.04 Å². The zero-order chi connectivity index (χ0) is 21.0. The third kappa shape index (κ3) is 4.25. The average molecular weight is 429 g/mol. The number of nitrogens with one attached hydrogen (secondary N) is 1. The summed E-state index contributed by atoms with van der Waals surface area (Å²) in [6, 6.07) is 15.5. The summed E-state index contributed by atoms with van der Waals surface area (Å²) < 4.78 is 38.0. The van der Waals surface area contributed by atoms with Gasteiger partial charge in [0.1, 0.15) is 18.5 Å². The Balaban J connectivity index is 1.51. The predicted octanol–water partition coefficient (Wildman–Crippen LogP) is 2.07. The normalized spacial score (nSPS) is 15.9. The van der Waals surface area contributed by atoms with Gasteiger partial charge >= 0.3 is 15.3 Å². The molecule has 0 fully saturated rings. The molecule has 0 aliphatic carbocycles. The maximum atomic E-state index is 13.0. The summed E-state index contributed by atoms with van der Waals surface area (Å²) in [7, 11) is -4.41. The van der Waals surface area contributed by atoms with E-state index in [1.807, 2.05) is 6.07 Å². The van der Waals surface area contributed by atoms with Crippen molar-refractivity contribution >= 4 is 21.0 Å². The van der Waals surface area contributed by atoms with Crippen LogP contribution in [0.1, 0.15) is 17.8 Å². The van der Waals surface area contributed by atoms with Crippen LogP contribution in [0, 0.1) is 0 Å². The van der Waals surface area contributed by atoms with Crippen molar-refractivity contribution in [1.29, 1.82) is 0 Å². The van der Waals surface area contributed by atoms with Crippen LogP contribution in [0.15, 0.2) is 54.6 Å². The van der Waals surface area contributed by atoms with Gasteiger partial charge in [0, 0.05) is 6.42 Å². The molecule has 0 saturated heterocycles. The quantitative estimate of drug-likeness (QED) is 0.590. The number of carbonyl (C=O) groups excluding carboxylic acids is 1. The van der Waals surface area contributed by atoms with Crippen molar-refractivity contribution in [1.82, 2.24) is 20.6 Å². The molecule has 1 aliphatic heterocycles. The molecule has 2 aromatic carbocycles. The Bertz CT molecular complexity index is 1110. The Morgan fingerprint density at radius 2 is 1.93 bits per heavy atom. The van der Waals surface area contributed by atoms with Crippen molar-refractivity contribution in [2.75, 3.05) is 10.8 Å². The average Bonchev–Trinajstić information content (AvgIpc) is 3.30. The SMILES string of the molecule is O=C(OCc1ccccc1)S(=O)(=O)N1C[C@H](CCc2nn[nH]n2)Oc2ccccc21. The summed E-state index contributed by atoms with van der Waals surface area (Å²) in [6.45, 7) is -0.163. The van der Waals surface area contributed by atoms with Crippen LogP contribution in [-0.2, 0) is 27.8 Å². The Labute approximate surface area is 172 Å². The number of tetrazole rings is 1. The molecule has 1 atom stereocenters. The van der Waals surface area contributed by atoms with Crippen molar-refractivity contribution in [3.05, 3.63) is 66.0 Å². The van der Waals surface area contributed by atoms with Crippen LogP contribution in [0.2, 0.25) is 0 Å². The fourth-order valence-electron chi connectivity index (χ4n) is 3.10. The topological polar surface area (TPSA) is 127 Å². The number of sulfonamides is 1. The molecule has 0 amide bonds. The van der Waals surface area contributed by atoms with Crippen molar-refractivity contribution in [3.63, 3.8) is 0 Å². The van der Waals surface area contributed by atoms with E-state index in [9.17, 15) is 13.2 Å². The number of aromatic nitrogens is 4. The molecule has 0 spiro atoms. The molecule has 156 valence electrons. The Kier molecular flexibility index (Phi) is 5.61. The van der Waals surface area contributed by atoms with Crippen molar-refractivity contribution in [3.8, 4) is 5.75 Å². The number of aryl methyl sites for hydroxylation is 1. The second kappa shape index (κ2) is 8.49. The first kappa shape index (κ1) is 19.8. The highest BCUT2D eigenvalue weighted by Crippen LogP contribution is 2.36. The van der Waals surface area contributed by atoms with E-state index in [-0.39, 0.29) is 13.2 Å². The molecule has 1 N–H and O–H groups in total.